The van der Waals surface area contributed by atoms with Crippen molar-refractivity contribution in [3.8, 4) is 0 Å². The van der Waals surface area contributed by atoms with Crippen LogP contribution >= 0.6 is 10.0 Å². The quantitative estimate of drug-likeness (QED) is 0.139. The van der Waals surface area contributed by atoms with Crippen molar-refractivity contribution in [1.82, 2.24) is 0 Å². The van der Waals surface area contributed by atoms with Gasteiger partial charge in [0.1, 0.15) is 6.61 Å². The Kier molecular flexibility index (Phi) is 12.2. The third kappa shape index (κ3) is 10.1. The van der Waals surface area contributed by atoms with E-state index in [1.807, 2.05) is 12.1 Å². The van der Waals surface area contributed by atoms with Crippen molar-refractivity contribution in [2.45, 2.75) is 54.9 Å². The Morgan fingerprint density at radius 1 is 0.811 bits per heavy atom. The third-order valence-corrected chi connectivity index (χ3v) is 15.6. The molecular weight excluding hydrogens is 565 g/mol. The maximum atomic E-state index is 13.8. The van der Waals surface area contributed by atoms with E-state index in [2.05, 4.69) is 47.2 Å². The summed E-state index contributed by atoms with van der Waals surface area (Å²) in [5.41, 5.74) is 0. The molecule has 0 spiro atoms. The topological polar surface area (TPSA) is 46.2 Å². The van der Waals surface area contributed by atoms with Crippen molar-refractivity contribution in [3.05, 3.63) is 24.3 Å². The standard InChI is InChI=1S/C22H37F7O5SSi2/c1-30-37(31-2,32-3)16-14-35(4,5)18-9-11-19(12-10-18)36(6,7)15-8-13-33-17-20(23,21(24,25)26)34-22(27,28)29/h9-12H,8,13-17H2,1-7H3. The first kappa shape index (κ1) is 34.3. The summed E-state index contributed by atoms with van der Waals surface area (Å²) in [5, 5.41) is 1.11. The van der Waals surface area contributed by atoms with Crippen LogP contribution in [0.15, 0.2) is 29.2 Å². The molecule has 0 saturated heterocycles. The smallest absolute Gasteiger partial charge is 0.377 e. The number of ether oxygens (including phenoxy) is 2. The molecule has 1 aromatic carbocycles. The Balaban J connectivity index is 2.72. The number of benzene rings is 1. The molecule has 0 bridgehead atoms. The highest BCUT2D eigenvalue weighted by atomic mass is 32.3. The predicted molar refractivity (Wildman–Crippen MR) is 135 cm³/mol. The van der Waals surface area contributed by atoms with Crippen molar-refractivity contribution < 1.29 is 53.5 Å². The van der Waals surface area contributed by atoms with Crippen LogP contribution in [-0.4, -0.2) is 88.1 Å². The van der Waals surface area contributed by atoms with Gasteiger partial charge in [-0.15, -0.1) is 13.2 Å². The number of alkyl halides is 7. The molecule has 0 heterocycles. The van der Waals surface area contributed by atoms with E-state index in [0.29, 0.717) is 12.1 Å². The highest BCUT2D eigenvalue weighted by Crippen LogP contribution is 2.50. The molecule has 0 saturated carbocycles. The van der Waals surface area contributed by atoms with E-state index in [-0.39, 0.29) is 13.0 Å². The van der Waals surface area contributed by atoms with Crippen molar-refractivity contribution in [3.63, 3.8) is 0 Å². The van der Waals surface area contributed by atoms with E-state index in [4.69, 9.17) is 13.3 Å². The second-order valence-electron chi connectivity index (χ2n) is 9.63. The van der Waals surface area contributed by atoms with Gasteiger partial charge in [-0.2, -0.15) is 17.6 Å². The van der Waals surface area contributed by atoms with E-state index < -0.39 is 51.9 Å². The fourth-order valence-electron chi connectivity index (χ4n) is 3.65. The fraction of sp³-hybridized carbons (Fsp3) is 0.727. The highest BCUT2D eigenvalue weighted by molar-refractivity contribution is 8.32. The van der Waals surface area contributed by atoms with Crippen LogP contribution in [0.3, 0.4) is 0 Å². The molecule has 1 rings (SSSR count). The van der Waals surface area contributed by atoms with Crippen LogP contribution in [0.2, 0.25) is 25.2 Å². The van der Waals surface area contributed by atoms with Crippen LogP contribution < -0.4 is 5.19 Å². The van der Waals surface area contributed by atoms with Crippen LogP contribution in [0, 0.1) is 0 Å². The number of hydrogen-bond acceptors (Lipinski definition) is 5. The Morgan fingerprint density at radius 2 is 1.32 bits per heavy atom. The van der Waals surface area contributed by atoms with E-state index in [1.165, 1.54) is 4.90 Å². The Morgan fingerprint density at radius 3 is 1.76 bits per heavy atom. The first-order chi connectivity index (χ1) is 16.8. The lowest BCUT2D eigenvalue weighted by Crippen LogP contribution is -2.50. The summed E-state index contributed by atoms with van der Waals surface area (Å²) in [7, 11) is -1.18. The SMILES string of the molecule is CO[Si](CCS(C)(C)c1ccc([Si](C)(C)CCCOCC(F)(OC(F)(F)F)C(F)(F)F)cc1)(OC)OC. The van der Waals surface area contributed by atoms with Gasteiger partial charge in [0.25, 0.3) is 0 Å². The van der Waals surface area contributed by atoms with Crippen molar-refractivity contribution in [2.24, 2.45) is 0 Å². The normalized spacial score (nSPS) is 16.1. The molecule has 0 radical (unpaired) electrons. The van der Waals surface area contributed by atoms with Crippen LogP contribution in [0.25, 0.3) is 0 Å². The number of hydrogen-bond donors (Lipinski definition) is 0. The van der Waals surface area contributed by atoms with Gasteiger partial charge in [-0.05, 0) is 29.6 Å². The minimum atomic E-state index is -5.89. The van der Waals surface area contributed by atoms with Gasteiger partial charge in [0.15, 0.2) is 0 Å². The molecule has 218 valence electrons. The second-order valence-corrected chi connectivity index (χ2v) is 21.5. The van der Waals surface area contributed by atoms with Gasteiger partial charge < -0.3 is 18.0 Å². The zero-order chi connectivity index (χ0) is 28.8. The summed E-state index contributed by atoms with van der Waals surface area (Å²) in [6.45, 7) is 1.90. The molecule has 5 nitrogen and oxygen atoms in total. The van der Waals surface area contributed by atoms with Gasteiger partial charge in [-0.25, -0.2) is 14.8 Å². The summed E-state index contributed by atoms with van der Waals surface area (Å²) in [6, 6.07) is 9.47. The average molecular weight is 603 g/mol. The Hall–Kier alpha value is -0.686. The monoisotopic (exact) mass is 602 g/mol. The van der Waals surface area contributed by atoms with Gasteiger partial charge >= 0.3 is 27.2 Å². The minimum absolute atomic E-state index is 0.259. The van der Waals surface area contributed by atoms with Crippen LogP contribution in [0.5, 0.6) is 0 Å². The lowest BCUT2D eigenvalue weighted by molar-refractivity contribution is -0.453. The first-order valence-corrected chi connectivity index (χ1v) is 19.1. The molecule has 15 heteroatoms. The zero-order valence-corrected chi connectivity index (χ0v) is 25.0. The van der Waals surface area contributed by atoms with Gasteiger partial charge in [0.05, 0.1) is 8.07 Å². The fourth-order valence-corrected chi connectivity index (χ4v) is 11.3. The molecule has 0 N–H and O–H groups in total. The molecular formula is C22H37F7O5SSi2. The van der Waals surface area contributed by atoms with E-state index in [0.717, 1.165) is 10.9 Å². The van der Waals surface area contributed by atoms with Crippen LogP contribution in [0.1, 0.15) is 6.42 Å². The molecule has 37 heavy (non-hydrogen) atoms. The molecule has 0 aliphatic rings. The molecule has 1 atom stereocenters. The molecule has 0 fully saturated rings. The van der Waals surface area contributed by atoms with Gasteiger partial charge in [0.2, 0.25) is 0 Å². The van der Waals surface area contributed by atoms with Crippen molar-refractivity contribution >= 4 is 32.1 Å². The molecule has 1 unspecified atom stereocenters. The molecule has 0 aliphatic heterocycles. The minimum Gasteiger partial charge on any atom is -0.377 e. The van der Waals surface area contributed by atoms with E-state index in [1.54, 1.807) is 21.3 Å². The summed E-state index contributed by atoms with van der Waals surface area (Å²) in [6.07, 6.45) is -7.05. The average Bonchev–Trinajstić information content (AvgIpc) is 2.78. The second kappa shape index (κ2) is 13.1. The lowest BCUT2D eigenvalue weighted by atomic mass is 10.3. The van der Waals surface area contributed by atoms with Crippen molar-refractivity contribution in [1.29, 1.82) is 0 Å². The van der Waals surface area contributed by atoms with E-state index >= 15 is 0 Å². The molecule has 0 aliphatic carbocycles. The highest BCUT2D eigenvalue weighted by Gasteiger charge is 2.63. The molecule has 1 aromatic rings. The summed E-state index contributed by atoms with van der Waals surface area (Å²) < 4.78 is 113. The van der Waals surface area contributed by atoms with E-state index in [9.17, 15) is 30.7 Å². The Labute approximate surface area is 217 Å². The summed E-state index contributed by atoms with van der Waals surface area (Å²) in [4.78, 5) is 1.19. The van der Waals surface area contributed by atoms with Gasteiger partial charge in [-0.3, -0.25) is 0 Å². The van der Waals surface area contributed by atoms with Gasteiger partial charge in [0, 0.05) is 34.0 Å². The number of halogens is 7. The largest absolute Gasteiger partial charge is 0.525 e. The van der Waals surface area contributed by atoms with Crippen LogP contribution in [-0.2, 0) is 22.8 Å². The molecule has 0 aromatic heterocycles. The number of rotatable bonds is 15. The maximum Gasteiger partial charge on any atom is 0.525 e. The predicted octanol–water partition coefficient (Wildman–Crippen LogP) is 6.07. The summed E-state index contributed by atoms with van der Waals surface area (Å²) in [5.74, 6) is -4.11. The third-order valence-electron chi connectivity index (χ3n) is 6.20. The first-order valence-electron chi connectivity index (χ1n) is 11.3. The Bertz CT molecular complexity index is 826. The van der Waals surface area contributed by atoms with Crippen LogP contribution in [0.4, 0.5) is 30.7 Å². The zero-order valence-electron chi connectivity index (χ0n) is 22.1. The molecule has 0 amide bonds. The maximum absolute atomic E-state index is 13.8. The van der Waals surface area contributed by atoms with Crippen molar-refractivity contribution in [2.75, 3.05) is 52.8 Å². The summed E-state index contributed by atoms with van der Waals surface area (Å²) >= 11 is 0. The lowest BCUT2D eigenvalue weighted by Gasteiger charge is -2.35. The van der Waals surface area contributed by atoms with Gasteiger partial charge in [-0.1, -0.05) is 48.6 Å².